The monoisotopic (exact) mass is 529 g/mol. The molecule has 39 heavy (non-hydrogen) atoms. The number of pyridine rings is 1. The zero-order valence-corrected chi connectivity index (χ0v) is 23.4. The van der Waals surface area contributed by atoms with Crippen LogP contribution in [-0.2, 0) is 19.4 Å². The number of ether oxygens (including phenoxy) is 1. The van der Waals surface area contributed by atoms with E-state index >= 15 is 0 Å². The number of benzene rings is 1. The van der Waals surface area contributed by atoms with Gasteiger partial charge in [-0.05, 0) is 75.1 Å². The summed E-state index contributed by atoms with van der Waals surface area (Å²) in [6, 6.07) is 12.9. The lowest BCUT2D eigenvalue weighted by Crippen LogP contribution is -2.19. The van der Waals surface area contributed by atoms with Gasteiger partial charge in [0.25, 0.3) is 5.88 Å². The molecule has 0 aliphatic heterocycles. The molecule has 0 spiro atoms. The van der Waals surface area contributed by atoms with Crippen LogP contribution in [0.25, 0.3) is 22.3 Å². The maximum atomic E-state index is 9.68. The number of nitrogens with one attached hydrogen (secondary N) is 2. The molecule has 0 bridgehead atoms. The topological polar surface area (TPSA) is 105 Å². The van der Waals surface area contributed by atoms with Gasteiger partial charge in [0.1, 0.15) is 11.6 Å². The second kappa shape index (κ2) is 12.0. The Hall–Kier alpha value is -3.65. The molecule has 1 saturated carbocycles. The summed E-state index contributed by atoms with van der Waals surface area (Å²) in [4.78, 5) is 14.4. The Morgan fingerprint density at radius 2 is 1.79 bits per heavy atom. The Morgan fingerprint density at radius 3 is 2.49 bits per heavy atom. The van der Waals surface area contributed by atoms with Crippen molar-refractivity contribution in [3.8, 4) is 17.2 Å². The number of hydrogen-bond donors (Lipinski definition) is 3. The van der Waals surface area contributed by atoms with Crippen molar-refractivity contribution in [3.63, 3.8) is 0 Å². The van der Waals surface area contributed by atoms with E-state index in [1.807, 2.05) is 19.9 Å². The minimum absolute atomic E-state index is 0.216. The van der Waals surface area contributed by atoms with Gasteiger partial charge in [-0.25, -0.2) is 9.97 Å². The molecule has 206 valence electrons. The maximum Gasteiger partial charge on any atom is 0.258 e. The first-order valence-corrected chi connectivity index (χ1v) is 14.2. The van der Waals surface area contributed by atoms with Crippen molar-refractivity contribution in [1.82, 2.24) is 15.0 Å². The first-order chi connectivity index (χ1) is 19.0. The highest BCUT2D eigenvalue weighted by Gasteiger charge is 2.27. The molecular formula is C31H39N5O3. The third kappa shape index (κ3) is 6.01. The molecule has 1 unspecified atom stereocenters. The number of nitrogens with zero attached hydrogens (tertiary/aromatic N) is 3. The van der Waals surface area contributed by atoms with Crippen molar-refractivity contribution >= 4 is 22.7 Å². The third-order valence-corrected chi connectivity index (χ3v) is 7.52. The Balaban J connectivity index is 1.51. The Morgan fingerprint density at radius 1 is 1.00 bits per heavy atom. The molecule has 4 aromatic rings. The molecule has 8 heteroatoms. The van der Waals surface area contributed by atoms with Gasteiger partial charge in [-0.15, -0.1) is 0 Å². The largest absolute Gasteiger partial charge is 0.475 e. The number of aromatic nitrogens is 3. The first kappa shape index (κ1) is 26.9. The number of fused-ring (bicyclic) bond motifs is 1. The van der Waals surface area contributed by atoms with Crippen LogP contribution in [0.1, 0.15) is 62.5 Å². The summed E-state index contributed by atoms with van der Waals surface area (Å²) in [5.74, 6) is 2.81. The molecule has 0 amide bonds. The average Bonchev–Trinajstić information content (AvgIpc) is 3.59. The molecule has 1 aliphatic carbocycles. The molecule has 1 aliphatic rings. The molecule has 1 aromatic carbocycles. The van der Waals surface area contributed by atoms with Crippen LogP contribution >= 0.6 is 0 Å². The van der Waals surface area contributed by atoms with Crippen LogP contribution in [-0.4, -0.2) is 39.3 Å². The van der Waals surface area contributed by atoms with Crippen molar-refractivity contribution in [2.75, 3.05) is 23.8 Å². The van der Waals surface area contributed by atoms with E-state index in [9.17, 15) is 5.11 Å². The lowest BCUT2D eigenvalue weighted by molar-refractivity contribution is 0.229. The van der Waals surface area contributed by atoms with Crippen molar-refractivity contribution in [3.05, 3.63) is 58.9 Å². The Labute approximate surface area is 230 Å². The Bertz CT molecular complexity index is 1420. The van der Waals surface area contributed by atoms with Gasteiger partial charge in [0.15, 0.2) is 5.58 Å². The van der Waals surface area contributed by atoms with Gasteiger partial charge >= 0.3 is 0 Å². The molecule has 5 rings (SSSR count). The normalized spacial score (nSPS) is 17.1. The molecule has 1 fully saturated rings. The van der Waals surface area contributed by atoms with Crippen LogP contribution in [0.15, 0.2) is 40.8 Å². The van der Waals surface area contributed by atoms with Crippen molar-refractivity contribution in [2.45, 2.75) is 72.4 Å². The zero-order valence-electron chi connectivity index (χ0n) is 23.4. The highest BCUT2D eigenvalue weighted by atomic mass is 16.5. The average molecular weight is 530 g/mol. The molecule has 3 N–H and O–H groups in total. The summed E-state index contributed by atoms with van der Waals surface area (Å²) in [6.07, 6.45) is 4.72. The standard InChI is InChI=1S/C31H39N5O3/c1-5-20-8-10-21(11-9-20)17-32-31-33-19(4)27(29(36-31)34-25-13-12-22(14-25)18-37)26-16-23-15-24(6-2)35-30(38-7-3)28(23)39-26/h8-11,15-16,22,25,37H,5-7,12-14,17-18H2,1-4H3,(H2,32,33,34,36)/t22?,25-/m0/s1. The van der Waals surface area contributed by atoms with E-state index in [0.717, 1.165) is 60.3 Å². The van der Waals surface area contributed by atoms with Crippen LogP contribution in [0.2, 0.25) is 0 Å². The molecule has 0 radical (unpaired) electrons. The van der Waals surface area contributed by atoms with E-state index < -0.39 is 0 Å². The second-order valence-electron chi connectivity index (χ2n) is 10.3. The van der Waals surface area contributed by atoms with E-state index in [2.05, 4.69) is 59.8 Å². The van der Waals surface area contributed by atoms with Gasteiger partial charge in [0.05, 0.1) is 17.9 Å². The molecule has 3 aromatic heterocycles. The lowest BCUT2D eigenvalue weighted by Gasteiger charge is -2.18. The second-order valence-corrected chi connectivity index (χ2v) is 10.3. The number of furan rings is 1. The van der Waals surface area contributed by atoms with E-state index in [0.29, 0.717) is 42.2 Å². The number of anilines is 2. The van der Waals surface area contributed by atoms with E-state index in [1.54, 1.807) is 0 Å². The van der Waals surface area contributed by atoms with Gasteiger partial charge in [-0.3, -0.25) is 0 Å². The van der Waals surface area contributed by atoms with Gasteiger partial charge in [-0.2, -0.15) is 4.98 Å². The number of aryl methyl sites for hydroxylation is 3. The summed E-state index contributed by atoms with van der Waals surface area (Å²) in [5.41, 5.74) is 5.73. The maximum absolute atomic E-state index is 9.68. The fourth-order valence-corrected chi connectivity index (χ4v) is 5.30. The van der Waals surface area contributed by atoms with Crippen LogP contribution in [0.5, 0.6) is 5.88 Å². The minimum atomic E-state index is 0.216. The SMILES string of the molecule is CCOc1nc(CC)cc2cc(-c3c(C)nc(NCc4ccc(CC)cc4)nc3N[C@H]3CCC(CO)C3)oc12. The Kier molecular flexibility index (Phi) is 8.31. The van der Waals surface area contributed by atoms with Crippen LogP contribution < -0.4 is 15.4 Å². The van der Waals surface area contributed by atoms with Crippen molar-refractivity contribution < 1.29 is 14.3 Å². The molecule has 3 heterocycles. The highest BCUT2D eigenvalue weighted by Crippen LogP contribution is 2.39. The lowest BCUT2D eigenvalue weighted by atomic mass is 10.1. The number of aliphatic hydroxyl groups excluding tert-OH is 1. The fourth-order valence-electron chi connectivity index (χ4n) is 5.30. The minimum Gasteiger partial charge on any atom is -0.475 e. The van der Waals surface area contributed by atoms with Gasteiger partial charge in [0, 0.05) is 30.3 Å². The third-order valence-electron chi connectivity index (χ3n) is 7.52. The van der Waals surface area contributed by atoms with Crippen LogP contribution in [0, 0.1) is 12.8 Å². The summed E-state index contributed by atoms with van der Waals surface area (Å²) in [6.45, 7) is 9.53. The molecular weight excluding hydrogens is 490 g/mol. The predicted octanol–water partition coefficient (Wildman–Crippen LogP) is 6.30. The number of rotatable bonds is 11. The summed E-state index contributed by atoms with van der Waals surface area (Å²) < 4.78 is 12.2. The smallest absolute Gasteiger partial charge is 0.258 e. The predicted molar refractivity (Wildman–Crippen MR) is 155 cm³/mol. The summed E-state index contributed by atoms with van der Waals surface area (Å²) >= 11 is 0. The summed E-state index contributed by atoms with van der Waals surface area (Å²) in [5, 5.41) is 17.7. The summed E-state index contributed by atoms with van der Waals surface area (Å²) in [7, 11) is 0. The number of aliphatic hydroxyl groups is 1. The molecule has 2 atom stereocenters. The highest BCUT2D eigenvalue weighted by molar-refractivity contribution is 5.89. The van der Waals surface area contributed by atoms with Gasteiger partial charge in [0.2, 0.25) is 5.95 Å². The van der Waals surface area contributed by atoms with E-state index in [4.69, 9.17) is 19.1 Å². The first-order valence-electron chi connectivity index (χ1n) is 14.2. The van der Waals surface area contributed by atoms with Gasteiger partial charge < -0.3 is 24.9 Å². The molecule has 8 nitrogen and oxygen atoms in total. The van der Waals surface area contributed by atoms with Crippen LogP contribution in [0.3, 0.4) is 0 Å². The van der Waals surface area contributed by atoms with Crippen molar-refractivity contribution in [1.29, 1.82) is 0 Å². The quantitative estimate of drug-likeness (QED) is 0.208. The molecule has 0 saturated heterocycles. The fraction of sp³-hybridized carbons (Fsp3) is 0.452. The van der Waals surface area contributed by atoms with Crippen molar-refractivity contribution in [2.24, 2.45) is 5.92 Å². The van der Waals surface area contributed by atoms with Crippen LogP contribution in [0.4, 0.5) is 11.8 Å². The van der Waals surface area contributed by atoms with E-state index in [1.165, 1.54) is 11.1 Å². The van der Waals surface area contributed by atoms with E-state index in [-0.39, 0.29) is 12.6 Å². The van der Waals surface area contributed by atoms with Gasteiger partial charge in [-0.1, -0.05) is 38.1 Å². The zero-order chi connectivity index (χ0) is 27.4. The number of hydrogen-bond acceptors (Lipinski definition) is 8.